The zero-order chi connectivity index (χ0) is 12.1. The third kappa shape index (κ3) is 6.35. The summed E-state index contributed by atoms with van der Waals surface area (Å²) in [5.74, 6) is 0. The van der Waals surface area contributed by atoms with E-state index in [1.807, 2.05) is 11.9 Å². The molecule has 0 rings (SSSR count). The first-order valence-corrected chi connectivity index (χ1v) is 5.13. The van der Waals surface area contributed by atoms with Crippen molar-refractivity contribution in [2.45, 2.75) is 26.3 Å². The number of nitrogens with zero attached hydrogens (tertiary/aromatic N) is 2. The van der Waals surface area contributed by atoms with Gasteiger partial charge in [-0.25, -0.2) is 0 Å². The van der Waals surface area contributed by atoms with Crippen LogP contribution in [-0.2, 0) is 4.74 Å². The van der Waals surface area contributed by atoms with Crippen molar-refractivity contribution < 1.29 is 9.66 Å². The summed E-state index contributed by atoms with van der Waals surface area (Å²) in [4.78, 5) is 12.3. The largest absolute Gasteiger partial charge is 0.486 e. The van der Waals surface area contributed by atoms with Crippen molar-refractivity contribution in [2.24, 2.45) is 0 Å². The van der Waals surface area contributed by atoms with Crippen LogP contribution in [0.4, 0.5) is 0 Å². The Labute approximate surface area is 95.5 Å². The summed E-state index contributed by atoms with van der Waals surface area (Å²) in [5, 5.41) is 11.2. The Kier molecular flexibility index (Phi) is 5.67. The molecule has 5 nitrogen and oxygen atoms in total. The summed E-state index contributed by atoms with van der Waals surface area (Å²) in [6.45, 7) is 6.41. The maximum absolute atomic E-state index is 10.7. The van der Waals surface area contributed by atoms with Crippen molar-refractivity contribution in [1.82, 2.24) is 4.90 Å². The fourth-order valence-corrected chi connectivity index (χ4v) is 1.23. The maximum atomic E-state index is 10.7. The number of hydrogen-bond acceptors (Lipinski definition) is 5. The molecular formula is C9H18N2O3S. The van der Waals surface area contributed by atoms with Crippen LogP contribution >= 0.6 is 12.2 Å². The van der Waals surface area contributed by atoms with Crippen LogP contribution in [-0.4, -0.2) is 47.2 Å². The average molecular weight is 234 g/mol. The number of ether oxygens (including phenoxy) is 1. The Morgan fingerprint density at radius 2 is 2.13 bits per heavy atom. The van der Waals surface area contributed by atoms with Crippen LogP contribution in [0.5, 0.6) is 0 Å². The highest BCUT2D eigenvalue weighted by Gasteiger charge is 2.31. The van der Waals surface area contributed by atoms with E-state index >= 15 is 0 Å². The summed E-state index contributed by atoms with van der Waals surface area (Å²) in [6.07, 6.45) is 0. The average Bonchev–Trinajstić information content (AvgIpc) is 2.01. The van der Waals surface area contributed by atoms with Crippen LogP contribution in [0.1, 0.15) is 20.8 Å². The van der Waals surface area contributed by atoms with Crippen molar-refractivity contribution in [3.8, 4) is 0 Å². The number of nitro groups is 1. The van der Waals surface area contributed by atoms with Gasteiger partial charge in [-0.2, -0.15) is 0 Å². The Morgan fingerprint density at radius 1 is 1.60 bits per heavy atom. The predicted octanol–water partition coefficient (Wildman–Crippen LogP) is 1.34. The van der Waals surface area contributed by atoms with Crippen molar-refractivity contribution >= 4 is 17.3 Å². The first-order chi connectivity index (χ1) is 6.75. The molecule has 0 spiro atoms. The lowest BCUT2D eigenvalue weighted by Gasteiger charge is -2.23. The number of likely N-dealkylation sites (N-methyl/N-ethyl adjacent to an activating group) is 1. The van der Waals surface area contributed by atoms with Gasteiger partial charge in [-0.15, -0.1) is 0 Å². The maximum Gasteiger partial charge on any atom is 0.229 e. The third-order valence-electron chi connectivity index (χ3n) is 1.93. The first-order valence-electron chi connectivity index (χ1n) is 4.72. The van der Waals surface area contributed by atoms with Crippen LogP contribution < -0.4 is 0 Å². The molecule has 0 amide bonds. The monoisotopic (exact) mass is 234 g/mol. The van der Waals surface area contributed by atoms with Gasteiger partial charge in [0, 0.05) is 32.2 Å². The van der Waals surface area contributed by atoms with E-state index in [2.05, 4.69) is 0 Å². The van der Waals surface area contributed by atoms with Crippen LogP contribution in [0.15, 0.2) is 0 Å². The molecule has 0 bridgehead atoms. The molecule has 6 heteroatoms. The molecule has 88 valence electrons. The lowest BCUT2D eigenvalue weighted by atomic mass is 10.1. The van der Waals surface area contributed by atoms with Gasteiger partial charge in [0.05, 0.1) is 6.54 Å². The van der Waals surface area contributed by atoms with Gasteiger partial charge in [-0.05, 0) is 19.3 Å². The molecule has 0 aliphatic heterocycles. The van der Waals surface area contributed by atoms with E-state index < -0.39 is 5.54 Å². The van der Waals surface area contributed by atoms with Crippen molar-refractivity contribution in [1.29, 1.82) is 0 Å². The normalized spacial score (nSPS) is 11.5. The number of rotatable bonds is 6. The Morgan fingerprint density at radius 3 is 2.53 bits per heavy atom. The lowest BCUT2D eigenvalue weighted by molar-refractivity contribution is -0.560. The molecule has 0 fully saturated rings. The standard InChI is InChI=1S/C9H18N2O3S/c1-8(15)14-6-5-10(4)7-9(2,3)11(12)13/h5-7H2,1-4H3. The first kappa shape index (κ1) is 14.2. The molecule has 0 unspecified atom stereocenters. The summed E-state index contributed by atoms with van der Waals surface area (Å²) in [7, 11) is 1.83. The van der Waals surface area contributed by atoms with Gasteiger partial charge in [0.25, 0.3) is 0 Å². The molecule has 0 saturated heterocycles. The molecule has 0 aromatic heterocycles. The van der Waals surface area contributed by atoms with E-state index in [9.17, 15) is 10.1 Å². The van der Waals surface area contributed by atoms with Gasteiger partial charge < -0.3 is 4.74 Å². The predicted molar refractivity (Wildman–Crippen MR) is 62.8 cm³/mol. The summed E-state index contributed by atoms with van der Waals surface area (Å²) >= 11 is 4.75. The third-order valence-corrected chi connectivity index (χ3v) is 2.05. The molecular weight excluding hydrogens is 216 g/mol. The summed E-state index contributed by atoms with van der Waals surface area (Å²) in [6, 6.07) is 0. The van der Waals surface area contributed by atoms with E-state index in [4.69, 9.17) is 17.0 Å². The quantitative estimate of drug-likeness (QED) is 0.394. The molecule has 0 aliphatic carbocycles. The van der Waals surface area contributed by atoms with Gasteiger partial charge in [-0.3, -0.25) is 15.0 Å². The van der Waals surface area contributed by atoms with Crippen molar-refractivity contribution in [3.63, 3.8) is 0 Å². The summed E-state index contributed by atoms with van der Waals surface area (Å²) in [5.41, 5.74) is -0.929. The highest BCUT2D eigenvalue weighted by molar-refractivity contribution is 7.80. The molecule has 15 heavy (non-hydrogen) atoms. The van der Waals surface area contributed by atoms with E-state index in [-0.39, 0.29) is 4.92 Å². The second-order valence-electron chi connectivity index (χ2n) is 4.15. The van der Waals surface area contributed by atoms with Crippen LogP contribution in [0.3, 0.4) is 0 Å². The summed E-state index contributed by atoms with van der Waals surface area (Å²) < 4.78 is 5.11. The molecule has 0 aromatic rings. The fourth-order valence-electron chi connectivity index (χ4n) is 1.14. The lowest BCUT2D eigenvalue weighted by Crippen LogP contribution is -2.43. The molecule has 0 aliphatic rings. The molecule has 0 atom stereocenters. The van der Waals surface area contributed by atoms with Gasteiger partial charge in [0.1, 0.15) is 6.61 Å². The topological polar surface area (TPSA) is 55.6 Å². The highest BCUT2D eigenvalue weighted by atomic mass is 32.1. The van der Waals surface area contributed by atoms with Gasteiger partial charge in [0.2, 0.25) is 5.54 Å². The molecule has 0 heterocycles. The fraction of sp³-hybridized carbons (Fsp3) is 0.889. The molecule has 0 N–H and O–H groups in total. The number of hydrogen-bond donors (Lipinski definition) is 0. The minimum absolute atomic E-state index is 0.269. The van der Waals surface area contributed by atoms with Crippen LogP contribution in [0, 0.1) is 10.1 Å². The minimum Gasteiger partial charge on any atom is -0.486 e. The van der Waals surface area contributed by atoms with E-state index in [0.717, 1.165) is 0 Å². The van der Waals surface area contributed by atoms with Crippen molar-refractivity contribution in [3.05, 3.63) is 10.1 Å². The second kappa shape index (κ2) is 5.97. The molecule has 0 saturated carbocycles. The van der Waals surface area contributed by atoms with Gasteiger partial charge in [-0.1, -0.05) is 0 Å². The van der Waals surface area contributed by atoms with Gasteiger partial charge >= 0.3 is 0 Å². The second-order valence-corrected chi connectivity index (χ2v) is 4.72. The van der Waals surface area contributed by atoms with Gasteiger partial charge in [0.15, 0.2) is 5.05 Å². The van der Waals surface area contributed by atoms with Crippen molar-refractivity contribution in [2.75, 3.05) is 26.7 Å². The molecule has 0 radical (unpaired) electrons. The SMILES string of the molecule is CC(=S)OCCN(C)CC(C)(C)[N+](=O)[O-]. The highest BCUT2D eigenvalue weighted by Crippen LogP contribution is 2.08. The van der Waals surface area contributed by atoms with E-state index in [0.29, 0.717) is 24.7 Å². The zero-order valence-corrected chi connectivity index (χ0v) is 10.5. The molecule has 0 aromatic carbocycles. The smallest absolute Gasteiger partial charge is 0.229 e. The van der Waals surface area contributed by atoms with Crippen LogP contribution in [0.2, 0.25) is 0 Å². The number of thiocarbonyl (C=S) groups is 1. The Hall–Kier alpha value is -0.750. The Balaban J connectivity index is 3.88. The van der Waals surface area contributed by atoms with E-state index in [1.54, 1.807) is 20.8 Å². The minimum atomic E-state index is -0.929. The van der Waals surface area contributed by atoms with Crippen LogP contribution in [0.25, 0.3) is 0 Å². The Bertz CT molecular complexity index is 244. The van der Waals surface area contributed by atoms with E-state index in [1.165, 1.54) is 0 Å². The zero-order valence-electron chi connectivity index (χ0n) is 9.65.